The van der Waals surface area contributed by atoms with E-state index in [1.165, 1.54) is 9.87 Å². The average molecular weight is 405 g/mol. The lowest BCUT2D eigenvalue weighted by molar-refractivity contribution is -0.139. The molecule has 26 heavy (non-hydrogen) atoms. The van der Waals surface area contributed by atoms with Crippen molar-refractivity contribution in [3.05, 3.63) is 35.9 Å². The Bertz CT molecular complexity index is 646. The average Bonchev–Trinajstić information content (AvgIpc) is 2.61. The summed E-state index contributed by atoms with van der Waals surface area (Å²) in [6.07, 6.45) is 3.19. The first-order valence-electron chi connectivity index (χ1n) is 8.90. The molecule has 0 bridgehead atoms. The molecule has 2 rings (SSSR count). The maximum Gasteiger partial charge on any atom is 0.317 e. The van der Waals surface area contributed by atoms with E-state index in [0.29, 0.717) is 32.5 Å². The van der Waals surface area contributed by atoms with E-state index < -0.39 is 16.0 Å². The molecule has 1 aromatic carbocycles. The molecule has 1 aromatic rings. The molecule has 0 saturated carbocycles. The summed E-state index contributed by atoms with van der Waals surface area (Å²) in [4.78, 5) is 13.2. The van der Waals surface area contributed by atoms with Gasteiger partial charge in [-0.2, -0.15) is 0 Å². The number of hydrogen-bond acceptors (Lipinski definition) is 4. The van der Waals surface area contributed by atoms with Crippen molar-refractivity contribution in [3.8, 4) is 0 Å². The lowest BCUT2D eigenvalue weighted by atomic mass is 10.0. The van der Waals surface area contributed by atoms with E-state index in [0.717, 1.165) is 12.8 Å². The summed E-state index contributed by atoms with van der Waals surface area (Å²) in [6, 6.07) is 10.3. The molecule has 6 nitrogen and oxygen atoms in total. The van der Waals surface area contributed by atoms with Crippen LogP contribution >= 0.6 is 12.4 Å². The van der Waals surface area contributed by atoms with E-state index in [-0.39, 0.29) is 30.7 Å². The van der Waals surface area contributed by atoms with Crippen LogP contribution in [0.3, 0.4) is 0 Å². The highest BCUT2D eigenvalue weighted by molar-refractivity contribution is 7.89. The molecule has 0 aromatic heterocycles. The number of aryl methyl sites for hydroxylation is 1. The molecule has 8 heteroatoms. The second-order valence-electron chi connectivity index (χ2n) is 6.48. The van der Waals surface area contributed by atoms with Gasteiger partial charge in [-0.3, -0.25) is 9.69 Å². The fraction of sp³-hybridized carbons (Fsp3) is 0.611. The zero-order valence-electron chi connectivity index (χ0n) is 15.2. The highest BCUT2D eigenvalue weighted by Gasteiger charge is 2.30. The largest absolute Gasteiger partial charge is 0.480 e. The van der Waals surface area contributed by atoms with Crippen LogP contribution in [0.5, 0.6) is 0 Å². The summed E-state index contributed by atoms with van der Waals surface area (Å²) in [5.74, 6) is -0.712. The fourth-order valence-corrected chi connectivity index (χ4v) is 4.50. The van der Waals surface area contributed by atoms with Crippen molar-refractivity contribution >= 4 is 28.4 Å². The fourth-order valence-electron chi connectivity index (χ4n) is 3.36. The maximum atomic E-state index is 12.0. The van der Waals surface area contributed by atoms with Crippen molar-refractivity contribution in [2.75, 3.05) is 31.9 Å². The van der Waals surface area contributed by atoms with E-state index in [1.807, 2.05) is 23.1 Å². The standard InChI is InChI=1S/C18H28N2O4S.ClH/c1-2-25(23,24)20-13-10-17(11-14-20)19(15-18(21)22)12-6-9-16-7-4-3-5-8-16;/h3-5,7-8,17H,2,6,9-15H2,1H3,(H,21,22);1H. The summed E-state index contributed by atoms with van der Waals surface area (Å²) in [6.45, 7) is 3.35. The normalized spacial score (nSPS) is 16.4. The summed E-state index contributed by atoms with van der Waals surface area (Å²) < 4.78 is 25.4. The number of carbonyl (C=O) groups is 1. The van der Waals surface area contributed by atoms with Gasteiger partial charge in [-0.05, 0) is 44.7 Å². The van der Waals surface area contributed by atoms with E-state index in [9.17, 15) is 18.3 Å². The third-order valence-corrected chi connectivity index (χ3v) is 6.67. The molecule has 1 fully saturated rings. The number of carboxylic acids is 1. The maximum absolute atomic E-state index is 12.0. The van der Waals surface area contributed by atoms with E-state index in [2.05, 4.69) is 12.1 Å². The number of nitrogens with zero attached hydrogens (tertiary/aromatic N) is 2. The summed E-state index contributed by atoms with van der Waals surface area (Å²) in [7, 11) is -3.15. The van der Waals surface area contributed by atoms with Crippen molar-refractivity contribution in [1.82, 2.24) is 9.21 Å². The highest BCUT2D eigenvalue weighted by atomic mass is 35.5. The van der Waals surface area contributed by atoms with Gasteiger partial charge in [-0.1, -0.05) is 30.3 Å². The van der Waals surface area contributed by atoms with Gasteiger partial charge in [0, 0.05) is 19.1 Å². The highest BCUT2D eigenvalue weighted by Crippen LogP contribution is 2.20. The second-order valence-corrected chi connectivity index (χ2v) is 8.74. The van der Waals surface area contributed by atoms with Crippen molar-refractivity contribution in [2.45, 2.75) is 38.6 Å². The lowest BCUT2D eigenvalue weighted by Crippen LogP contribution is -2.48. The molecule has 0 amide bonds. The van der Waals surface area contributed by atoms with Gasteiger partial charge < -0.3 is 5.11 Å². The second kappa shape index (κ2) is 10.9. The Kier molecular flexibility index (Phi) is 9.57. The van der Waals surface area contributed by atoms with Crippen molar-refractivity contribution < 1.29 is 18.3 Å². The monoisotopic (exact) mass is 404 g/mol. The summed E-state index contributed by atoms with van der Waals surface area (Å²) in [5, 5.41) is 9.20. The van der Waals surface area contributed by atoms with Gasteiger partial charge >= 0.3 is 5.97 Å². The molecule has 0 unspecified atom stereocenters. The van der Waals surface area contributed by atoms with Gasteiger partial charge in [0.1, 0.15) is 0 Å². The minimum atomic E-state index is -3.15. The number of sulfonamides is 1. The first-order valence-corrected chi connectivity index (χ1v) is 10.5. The molecule has 0 atom stereocenters. The van der Waals surface area contributed by atoms with Gasteiger partial charge in [0.05, 0.1) is 12.3 Å². The van der Waals surface area contributed by atoms with Crippen LogP contribution in [0.25, 0.3) is 0 Å². The van der Waals surface area contributed by atoms with E-state index in [4.69, 9.17) is 0 Å². The molecule has 1 heterocycles. The van der Waals surface area contributed by atoms with Crippen LogP contribution in [-0.2, 0) is 21.2 Å². The molecule has 1 aliphatic heterocycles. The first kappa shape index (κ1) is 22.9. The zero-order valence-corrected chi connectivity index (χ0v) is 16.8. The molecule has 1 N–H and O–H groups in total. The van der Waals surface area contributed by atoms with Crippen LogP contribution in [0.2, 0.25) is 0 Å². The molecule has 148 valence electrons. The van der Waals surface area contributed by atoms with Crippen LogP contribution in [0, 0.1) is 0 Å². The Morgan fingerprint density at radius 1 is 1.23 bits per heavy atom. The Labute approximate surface area is 162 Å². The van der Waals surface area contributed by atoms with Crippen molar-refractivity contribution in [2.24, 2.45) is 0 Å². The number of carboxylic acid groups (broad SMARTS) is 1. The Morgan fingerprint density at radius 2 is 1.85 bits per heavy atom. The number of piperidine rings is 1. The predicted octanol–water partition coefficient (Wildman–Crippen LogP) is 2.24. The third-order valence-electron chi connectivity index (χ3n) is 4.79. The van der Waals surface area contributed by atoms with Crippen molar-refractivity contribution in [3.63, 3.8) is 0 Å². The number of aliphatic carboxylic acids is 1. The van der Waals surface area contributed by atoms with E-state index >= 15 is 0 Å². The van der Waals surface area contributed by atoms with Gasteiger partial charge in [-0.15, -0.1) is 12.4 Å². The smallest absolute Gasteiger partial charge is 0.317 e. The van der Waals surface area contributed by atoms with Crippen LogP contribution in [0.4, 0.5) is 0 Å². The van der Waals surface area contributed by atoms with Crippen LogP contribution in [-0.4, -0.2) is 66.7 Å². The number of hydrogen-bond donors (Lipinski definition) is 1. The molecular formula is C18H29ClN2O4S. The number of benzene rings is 1. The lowest BCUT2D eigenvalue weighted by Gasteiger charge is -2.37. The number of rotatable bonds is 9. The van der Waals surface area contributed by atoms with Gasteiger partial charge in [0.2, 0.25) is 10.0 Å². The Morgan fingerprint density at radius 3 is 2.38 bits per heavy atom. The first-order chi connectivity index (χ1) is 11.9. The molecule has 0 spiro atoms. The number of halogens is 1. The SMILES string of the molecule is CCS(=O)(=O)N1CCC(N(CCCc2ccccc2)CC(=O)O)CC1.Cl. The molecule has 0 radical (unpaired) electrons. The van der Waals surface area contributed by atoms with Gasteiger partial charge in [-0.25, -0.2) is 12.7 Å². The minimum Gasteiger partial charge on any atom is -0.480 e. The van der Waals surface area contributed by atoms with Crippen LogP contribution < -0.4 is 0 Å². The molecular weight excluding hydrogens is 376 g/mol. The van der Waals surface area contributed by atoms with Gasteiger partial charge in [0.25, 0.3) is 0 Å². The van der Waals surface area contributed by atoms with Crippen LogP contribution in [0.15, 0.2) is 30.3 Å². The predicted molar refractivity (Wildman–Crippen MR) is 105 cm³/mol. The quantitative estimate of drug-likeness (QED) is 0.682. The third kappa shape index (κ3) is 6.87. The van der Waals surface area contributed by atoms with E-state index in [1.54, 1.807) is 6.92 Å². The topological polar surface area (TPSA) is 77.9 Å². The molecule has 1 aliphatic rings. The Hall–Kier alpha value is -1.15. The van der Waals surface area contributed by atoms with Crippen molar-refractivity contribution in [1.29, 1.82) is 0 Å². The van der Waals surface area contributed by atoms with Gasteiger partial charge in [0.15, 0.2) is 0 Å². The Balaban J connectivity index is 0.00000338. The van der Waals surface area contributed by atoms with Crippen LogP contribution in [0.1, 0.15) is 31.7 Å². The minimum absolute atomic E-state index is 0. The summed E-state index contributed by atoms with van der Waals surface area (Å²) >= 11 is 0. The zero-order chi connectivity index (χ0) is 18.3. The molecule has 1 saturated heterocycles. The molecule has 0 aliphatic carbocycles. The summed E-state index contributed by atoms with van der Waals surface area (Å²) in [5.41, 5.74) is 1.25.